The van der Waals surface area contributed by atoms with Gasteiger partial charge in [0.15, 0.2) is 5.69 Å². The monoisotopic (exact) mass is 638 g/mol. The zero-order valence-electron chi connectivity index (χ0n) is 25.0. The minimum atomic E-state index is -0.0296. The number of carbonyl (C=O) groups is 1. The van der Waals surface area contributed by atoms with E-state index >= 15 is 0 Å². The molecule has 0 radical (unpaired) electrons. The van der Waals surface area contributed by atoms with Crippen molar-refractivity contribution >= 4 is 40.7 Å². The fourth-order valence-corrected chi connectivity index (χ4v) is 9.84. The number of rotatable bonds is 8. The Hall–Kier alpha value is -2.05. The summed E-state index contributed by atoms with van der Waals surface area (Å²) in [6.45, 7) is 6.37. The molecule has 4 bridgehead atoms. The fraction of sp³-hybridized carbons (Fsp3) is 0.543. The first-order valence-corrected chi connectivity index (χ1v) is 17.2. The summed E-state index contributed by atoms with van der Waals surface area (Å²) in [5.41, 5.74) is 4.38. The van der Waals surface area contributed by atoms with E-state index in [4.69, 9.17) is 39.9 Å². The maximum absolute atomic E-state index is 13.9. The average molecular weight is 640 g/mol. The average Bonchev–Trinajstić information content (AvgIpc) is 3.31. The number of amides is 1. The highest BCUT2D eigenvalue weighted by atomic mass is 35.5. The van der Waals surface area contributed by atoms with Crippen LogP contribution in [0.4, 0.5) is 0 Å². The number of halogens is 3. The number of benzene rings is 2. The van der Waals surface area contributed by atoms with E-state index in [2.05, 4.69) is 4.90 Å². The van der Waals surface area contributed by atoms with E-state index in [0.29, 0.717) is 31.9 Å². The van der Waals surface area contributed by atoms with Gasteiger partial charge in [-0.2, -0.15) is 5.10 Å². The van der Waals surface area contributed by atoms with Crippen LogP contribution in [0.5, 0.6) is 0 Å². The van der Waals surface area contributed by atoms with Gasteiger partial charge >= 0.3 is 0 Å². The summed E-state index contributed by atoms with van der Waals surface area (Å²) in [5.74, 6) is 3.09. The zero-order chi connectivity index (χ0) is 29.7. The molecule has 8 heteroatoms. The molecule has 5 nitrogen and oxygen atoms in total. The van der Waals surface area contributed by atoms with Crippen molar-refractivity contribution in [3.05, 3.63) is 68.8 Å². The van der Waals surface area contributed by atoms with Crippen LogP contribution < -0.4 is 0 Å². The van der Waals surface area contributed by atoms with Crippen LogP contribution in [0.2, 0.25) is 15.1 Å². The van der Waals surface area contributed by atoms with Gasteiger partial charge in [-0.25, -0.2) is 4.68 Å². The lowest BCUT2D eigenvalue weighted by molar-refractivity contribution is -0.0585. The molecule has 5 fully saturated rings. The minimum absolute atomic E-state index is 0.0296. The van der Waals surface area contributed by atoms with E-state index < -0.39 is 0 Å². The number of unbranched alkanes of at least 4 members (excludes halogenated alkanes) is 1. The van der Waals surface area contributed by atoms with Crippen molar-refractivity contribution in [2.24, 2.45) is 23.2 Å². The van der Waals surface area contributed by atoms with Crippen molar-refractivity contribution in [2.45, 2.75) is 64.7 Å². The standard InChI is InChI=1S/C35H41Cl3N4O/c1-23-32(39-42(31-9-8-29(37)19-30(31)38)33(23)27-4-6-28(36)7-5-27)34(43)41-14-12-40(13-15-41)11-3-2-10-35-20-24-16-25(21-35)18-26(17-24)22-35/h4-9,19,24-26H,2-3,10-18,20-22H2,1H3. The summed E-state index contributed by atoms with van der Waals surface area (Å²) in [5, 5.41) is 6.53. The van der Waals surface area contributed by atoms with E-state index in [9.17, 15) is 4.79 Å². The third kappa shape index (κ3) is 6.00. The van der Waals surface area contributed by atoms with Crippen molar-refractivity contribution in [3.63, 3.8) is 0 Å². The van der Waals surface area contributed by atoms with E-state index in [1.807, 2.05) is 42.2 Å². The Morgan fingerprint density at radius 1 is 0.860 bits per heavy atom. The predicted octanol–water partition coefficient (Wildman–Crippen LogP) is 8.95. The number of aromatic nitrogens is 2. The summed E-state index contributed by atoms with van der Waals surface area (Å²) in [4.78, 5) is 18.4. The van der Waals surface area contributed by atoms with E-state index in [1.165, 1.54) is 57.8 Å². The van der Waals surface area contributed by atoms with Crippen molar-refractivity contribution < 1.29 is 4.79 Å². The highest BCUT2D eigenvalue weighted by molar-refractivity contribution is 6.35. The van der Waals surface area contributed by atoms with Crippen LogP contribution in [-0.2, 0) is 0 Å². The Balaban J connectivity index is 0.996. The molecule has 0 spiro atoms. The van der Waals surface area contributed by atoms with Crippen LogP contribution in [0.3, 0.4) is 0 Å². The van der Waals surface area contributed by atoms with Crippen molar-refractivity contribution in [3.8, 4) is 16.9 Å². The Labute approximate surface area is 270 Å². The lowest BCUT2D eigenvalue weighted by Gasteiger charge is -2.57. The lowest BCUT2D eigenvalue weighted by Crippen LogP contribution is -2.49. The highest BCUT2D eigenvalue weighted by Crippen LogP contribution is 2.61. The molecule has 1 aliphatic heterocycles. The van der Waals surface area contributed by atoms with E-state index in [0.717, 1.165) is 67.3 Å². The van der Waals surface area contributed by atoms with Gasteiger partial charge in [-0.3, -0.25) is 9.69 Å². The molecule has 2 heterocycles. The quantitative estimate of drug-likeness (QED) is 0.231. The predicted molar refractivity (Wildman–Crippen MR) is 176 cm³/mol. The molecule has 2 aromatic carbocycles. The van der Waals surface area contributed by atoms with Gasteiger partial charge in [-0.1, -0.05) is 53.4 Å². The topological polar surface area (TPSA) is 41.4 Å². The molecule has 43 heavy (non-hydrogen) atoms. The van der Waals surface area contributed by atoms with Crippen LogP contribution >= 0.6 is 34.8 Å². The zero-order valence-corrected chi connectivity index (χ0v) is 27.3. The van der Waals surface area contributed by atoms with Gasteiger partial charge in [0.1, 0.15) is 0 Å². The van der Waals surface area contributed by atoms with Crippen LogP contribution in [-0.4, -0.2) is 58.2 Å². The first kappa shape index (κ1) is 29.6. The largest absolute Gasteiger partial charge is 0.335 e. The van der Waals surface area contributed by atoms with Gasteiger partial charge in [0.25, 0.3) is 5.91 Å². The third-order valence-electron chi connectivity index (χ3n) is 10.8. The molecular formula is C35H41Cl3N4O. The second-order valence-electron chi connectivity index (χ2n) is 13.8. The molecule has 0 unspecified atom stereocenters. The molecule has 0 N–H and O–H groups in total. The molecule has 3 aromatic rings. The summed E-state index contributed by atoms with van der Waals surface area (Å²) in [6, 6.07) is 12.9. The number of piperazine rings is 1. The molecule has 1 saturated heterocycles. The first-order chi connectivity index (χ1) is 20.8. The summed E-state index contributed by atoms with van der Waals surface area (Å²) in [7, 11) is 0. The Morgan fingerprint density at radius 3 is 2.12 bits per heavy atom. The maximum Gasteiger partial charge on any atom is 0.274 e. The van der Waals surface area contributed by atoms with Gasteiger partial charge in [0.2, 0.25) is 0 Å². The summed E-state index contributed by atoms with van der Waals surface area (Å²) >= 11 is 19.0. The third-order valence-corrected chi connectivity index (χ3v) is 11.6. The van der Waals surface area contributed by atoms with Crippen molar-refractivity contribution in [1.82, 2.24) is 19.6 Å². The number of nitrogens with zero attached hydrogens (tertiary/aromatic N) is 4. The molecule has 228 valence electrons. The Bertz CT molecular complexity index is 1460. The van der Waals surface area contributed by atoms with Gasteiger partial charge in [-0.15, -0.1) is 0 Å². The second kappa shape index (κ2) is 12.0. The van der Waals surface area contributed by atoms with Crippen LogP contribution in [0.25, 0.3) is 16.9 Å². The summed E-state index contributed by atoms with van der Waals surface area (Å²) < 4.78 is 1.77. The Kier molecular flexibility index (Phi) is 8.30. The number of carbonyl (C=O) groups excluding carboxylic acids is 1. The van der Waals surface area contributed by atoms with Crippen LogP contribution in [0, 0.1) is 30.1 Å². The van der Waals surface area contributed by atoms with Crippen LogP contribution in [0.15, 0.2) is 42.5 Å². The van der Waals surface area contributed by atoms with Crippen LogP contribution in [0.1, 0.15) is 73.8 Å². The normalized spacial score (nSPS) is 26.8. The van der Waals surface area contributed by atoms with Crippen molar-refractivity contribution in [1.29, 1.82) is 0 Å². The van der Waals surface area contributed by atoms with Gasteiger partial charge < -0.3 is 4.90 Å². The first-order valence-electron chi connectivity index (χ1n) is 16.1. The number of hydrogen-bond acceptors (Lipinski definition) is 3. The highest BCUT2D eigenvalue weighted by Gasteiger charge is 2.50. The molecule has 4 aliphatic carbocycles. The van der Waals surface area contributed by atoms with Gasteiger partial charge in [0, 0.05) is 47.4 Å². The van der Waals surface area contributed by atoms with E-state index in [1.54, 1.807) is 16.8 Å². The maximum atomic E-state index is 13.9. The Morgan fingerprint density at radius 2 is 1.49 bits per heavy atom. The van der Waals surface area contributed by atoms with E-state index in [-0.39, 0.29) is 5.91 Å². The molecule has 4 saturated carbocycles. The van der Waals surface area contributed by atoms with Crippen molar-refractivity contribution in [2.75, 3.05) is 32.7 Å². The fourth-order valence-electron chi connectivity index (χ4n) is 9.23. The van der Waals surface area contributed by atoms with Gasteiger partial charge in [-0.05, 0) is 118 Å². The smallest absolute Gasteiger partial charge is 0.274 e. The molecule has 0 atom stereocenters. The molecule has 1 amide bonds. The lowest BCUT2D eigenvalue weighted by atomic mass is 9.48. The molecular weight excluding hydrogens is 599 g/mol. The SMILES string of the molecule is Cc1c(C(=O)N2CCN(CCCCC34CC5CC(CC(C5)C3)C4)CC2)nn(-c2ccc(Cl)cc2Cl)c1-c1ccc(Cl)cc1. The summed E-state index contributed by atoms with van der Waals surface area (Å²) in [6.07, 6.45) is 13.2. The molecule has 5 aliphatic rings. The molecule has 1 aromatic heterocycles. The molecule has 8 rings (SSSR count). The second-order valence-corrected chi connectivity index (χ2v) is 15.1. The number of hydrogen-bond donors (Lipinski definition) is 0. The van der Waals surface area contributed by atoms with Gasteiger partial charge in [0.05, 0.1) is 16.4 Å². The minimum Gasteiger partial charge on any atom is -0.335 e.